The van der Waals surface area contributed by atoms with Crippen molar-refractivity contribution in [3.63, 3.8) is 0 Å². The number of anilines is 1. The van der Waals surface area contributed by atoms with Gasteiger partial charge in [-0.25, -0.2) is 8.42 Å². The normalized spacial score (nSPS) is 16.4. The molecular weight excluding hydrogens is 422 g/mol. The molecule has 6 nitrogen and oxygen atoms in total. The number of nitrogens with zero attached hydrogens (tertiary/aromatic N) is 1. The van der Waals surface area contributed by atoms with Crippen molar-refractivity contribution in [3.05, 3.63) is 84.9 Å². The molecule has 0 aromatic heterocycles. The van der Waals surface area contributed by atoms with Crippen molar-refractivity contribution in [3.8, 4) is 11.1 Å². The van der Waals surface area contributed by atoms with E-state index < -0.39 is 10.0 Å². The topological polar surface area (TPSA) is 70.9 Å². The molecule has 3 aromatic rings. The van der Waals surface area contributed by atoms with Gasteiger partial charge in [-0.3, -0.25) is 4.79 Å². The monoisotopic (exact) mass is 450 g/mol. The number of carbonyl (C=O) groups excluding carboxylic acids is 1. The maximum atomic E-state index is 13.0. The van der Waals surface area contributed by atoms with E-state index in [9.17, 15) is 13.2 Å². The van der Waals surface area contributed by atoms with Crippen molar-refractivity contribution in [2.24, 2.45) is 0 Å². The summed E-state index contributed by atoms with van der Waals surface area (Å²) in [4.78, 5) is 14.4. The second kappa shape index (κ2) is 9.65. The molecule has 1 fully saturated rings. The largest absolute Gasteiger partial charge is 0.323 e. The van der Waals surface area contributed by atoms with Crippen LogP contribution < -0.4 is 10.2 Å². The van der Waals surface area contributed by atoms with Crippen LogP contribution in [0.15, 0.2) is 89.8 Å². The summed E-state index contributed by atoms with van der Waals surface area (Å²) in [6.07, 6.45) is 0. The summed E-state index contributed by atoms with van der Waals surface area (Å²) >= 11 is 0. The summed E-state index contributed by atoms with van der Waals surface area (Å²) in [5, 5.41) is 3.08. The van der Waals surface area contributed by atoms with Gasteiger partial charge in [-0.1, -0.05) is 66.7 Å². The fourth-order valence-electron chi connectivity index (χ4n) is 4.08. The highest BCUT2D eigenvalue weighted by atomic mass is 32.2. The summed E-state index contributed by atoms with van der Waals surface area (Å²) in [7, 11) is -3.50. The van der Waals surface area contributed by atoms with Crippen molar-refractivity contribution in [1.82, 2.24) is 4.31 Å². The minimum Gasteiger partial charge on any atom is -0.323 e. The van der Waals surface area contributed by atoms with E-state index in [0.717, 1.165) is 21.7 Å². The molecule has 0 saturated carbocycles. The highest BCUT2D eigenvalue weighted by Gasteiger charge is 2.34. The van der Waals surface area contributed by atoms with Crippen molar-refractivity contribution in [1.29, 1.82) is 0 Å². The van der Waals surface area contributed by atoms with E-state index in [1.54, 1.807) is 30.3 Å². The van der Waals surface area contributed by atoms with E-state index in [4.69, 9.17) is 0 Å². The third kappa shape index (κ3) is 4.75. The maximum Gasteiger partial charge on any atom is 0.282 e. The van der Waals surface area contributed by atoms with Gasteiger partial charge < -0.3 is 10.2 Å². The lowest BCUT2D eigenvalue weighted by Gasteiger charge is -2.34. The fraction of sp³-hybridized carbons (Fsp3) is 0.240. The zero-order chi connectivity index (χ0) is 22.6. The molecule has 2 N–H and O–H groups in total. The predicted octanol–water partition coefficient (Wildman–Crippen LogP) is 2.27. The molecular formula is C25H28N3O3S+. The summed E-state index contributed by atoms with van der Waals surface area (Å²) in [6, 6.07) is 25.9. The van der Waals surface area contributed by atoms with Crippen LogP contribution >= 0.6 is 0 Å². The van der Waals surface area contributed by atoms with Gasteiger partial charge in [-0.2, -0.15) is 4.31 Å². The van der Waals surface area contributed by atoms with Gasteiger partial charge in [-0.15, -0.1) is 0 Å². The number of quaternary nitrogens is 1. The Morgan fingerprint density at radius 1 is 0.875 bits per heavy atom. The van der Waals surface area contributed by atoms with Gasteiger partial charge >= 0.3 is 0 Å². The predicted molar refractivity (Wildman–Crippen MR) is 126 cm³/mol. The summed E-state index contributed by atoms with van der Waals surface area (Å²) in [5.41, 5.74) is 2.80. The van der Waals surface area contributed by atoms with Gasteiger partial charge in [0.1, 0.15) is 0 Å². The van der Waals surface area contributed by atoms with Crippen LogP contribution in [0.5, 0.6) is 0 Å². The molecule has 4 rings (SSSR count). The smallest absolute Gasteiger partial charge is 0.282 e. The first-order valence-electron chi connectivity index (χ1n) is 10.8. The van der Waals surface area contributed by atoms with Crippen LogP contribution in [0.4, 0.5) is 5.69 Å². The minimum absolute atomic E-state index is 0.0669. The molecule has 1 aliphatic heterocycles. The van der Waals surface area contributed by atoms with Crippen LogP contribution in [0.25, 0.3) is 11.1 Å². The zero-order valence-corrected chi connectivity index (χ0v) is 18.9. The second-order valence-corrected chi connectivity index (χ2v) is 9.94. The molecule has 32 heavy (non-hydrogen) atoms. The Morgan fingerprint density at radius 2 is 1.44 bits per heavy atom. The Balaban J connectivity index is 1.40. The number of nitrogens with one attached hydrogen (secondary N) is 2. The van der Waals surface area contributed by atoms with E-state index in [1.165, 1.54) is 4.31 Å². The van der Waals surface area contributed by atoms with Crippen molar-refractivity contribution >= 4 is 21.6 Å². The number of hydrogen-bond donors (Lipinski definition) is 2. The Morgan fingerprint density at radius 3 is 2.09 bits per heavy atom. The van der Waals surface area contributed by atoms with E-state index in [2.05, 4.69) is 5.32 Å². The Labute approximate surface area is 189 Å². The molecule has 1 amide bonds. The SMILES string of the molecule is C[C@@H](C(=O)Nc1ccccc1-c1ccccc1)[NH+]1CCN(S(=O)(=O)c2ccccc2)CC1. The average molecular weight is 451 g/mol. The number of rotatable bonds is 6. The molecule has 1 saturated heterocycles. The highest BCUT2D eigenvalue weighted by molar-refractivity contribution is 7.89. The van der Waals surface area contributed by atoms with Gasteiger partial charge in [0, 0.05) is 11.3 Å². The second-order valence-electron chi connectivity index (χ2n) is 8.00. The molecule has 166 valence electrons. The molecule has 0 radical (unpaired) electrons. The van der Waals surface area contributed by atoms with Gasteiger partial charge in [0.05, 0.1) is 31.1 Å². The van der Waals surface area contributed by atoms with Crippen LogP contribution in [0.3, 0.4) is 0 Å². The number of piperazine rings is 1. The number of hydrogen-bond acceptors (Lipinski definition) is 3. The number of carbonyl (C=O) groups is 1. The van der Waals surface area contributed by atoms with Gasteiger partial charge in [0.25, 0.3) is 5.91 Å². The first kappa shape index (κ1) is 22.2. The number of benzene rings is 3. The van der Waals surface area contributed by atoms with E-state index in [1.807, 2.05) is 61.5 Å². The van der Waals surface area contributed by atoms with Crippen LogP contribution in [-0.2, 0) is 14.8 Å². The Bertz CT molecular complexity index is 1160. The van der Waals surface area contributed by atoms with Crippen molar-refractivity contribution < 1.29 is 18.1 Å². The lowest BCUT2D eigenvalue weighted by Crippen LogP contribution is -3.19. The van der Waals surface area contributed by atoms with Gasteiger partial charge in [0.15, 0.2) is 6.04 Å². The van der Waals surface area contributed by atoms with Crippen LogP contribution in [0, 0.1) is 0 Å². The molecule has 0 spiro atoms. The highest BCUT2D eigenvalue weighted by Crippen LogP contribution is 2.27. The lowest BCUT2D eigenvalue weighted by atomic mass is 10.0. The first-order valence-corrected chi connectivity index (χ1v) is 12.3. The van der Waals surface area contributed by atoms with Crippen LogP contribution in [0.1, 0.15) is 6.92 Å². The standard InChI is InChI=1S/C25H27N3O3S/c1-20(25(29)26-24-15-9-8-14-23(24)21-10-4-2-5-11-21)27-16-18-28(19-17-27)32(30,31)22-12-6-3-7-13-22/h2-15,20H,16-19H2,1H3,(H,26,29)/p+1/t20-/m0/s1. The third-order valence-electron chi connectivity index (χ3n) is 6.02. The average Bonchev–Trinajstić information content (AvgIpc) is 2.85. The van der Waals surface area contributed by atoms with E-state index >= 15 is 0 Å². The number of para-hydroxylation sites is 1. The van der Waals surface area contributed by atoms with Crippen LogP contribution in [-0.4, -0.2) is 50.9 Å². The minimum atomic E-state index is -3.50. The summed E-state index contributed by atoms with van der Waals surface area (Å²) in [6.45, 7) is 3.86. The Hall–Kier alpha value is -3.00. The van der Waals surface area contributed by atoms with E-state index in [-0.39, 0.29) is 11.9 Å². The van der Waals surface area contributed by atoms with Crippen LogP contribution in [0.2, 0.25) is 0 Å². The molecule has 1 atom stereocenters. The zero-order valence-electron chi connectivity index (χ0n) is 18.1. The molecule has 0 aliphatic carbocycles. The Kier molecular flexibility index (Phi) is 6.69. The molecule has 3 aromatic carbocycles. The maximum absolute atomic E-state index is 13.0. The molecule has 0 bridgehead atoms. The van der Waals surface area contributed by atoms with Gasteiger partial charge in [0.2, 0.25) is 10.0 Å². The van der Waals surface area contributed by atoms with Gasteiger partial charge in [-0.05, 0) is 30.7 Å². The molecule has 1 aliphatic rings. The molecule has 7 heteroatoms. The summed E-state index contributed by atoms with van der Waals surface area (Å²) in [5.74, 6) is -0.0669. The first-order chi connectivity index (χ1) is 15.5. The number of amides is 1. The fourth-order valence-corrected chi connectivity index (χ4v) is 5.54. The van der Waals surface area contributed by atoms with Crippen molar-refractivity contribution in [2.45, 2.75) is 17.9 Å². The third-order valence-corrected chi connectivity index (χ3v) is 7.93. The van der Waals surface area contributed by atoms with E-state index in [0.29, 0.717) is 31.1 Å². The number of sulfonamides is 1. The summed E-state index contributed by atoms with van der Waals surface area (Å²) < 4.78 is 27.2. The molecule has 0 unspecified atom stereocenters. The lowest BCUT2D eigenvalue weighted by molar-refractivity contribution is -0.917. The van der Waals surface area contributed by atoms with Crippen molar-refractivity contribution in [2.75, 3.05) is 31.5 Å². The quantitative estimate of drug-likeness (QED) is 0.605. The molecule has 1 heterocycles.